The van der Waals surface area contributed by atoms with E-state index in [1.165, 1.54) is 0 Å². The Morgan fingerprint density at radius 2 is 1.67 bits per heavy atom. The Kier molecular flexibility index (Phi) is 4.91. The number of para-hydroxylation sites is 2. The summed E-state index contributed by atoms with van der Waals surface area (Å²) in [5, 5.41) is 3.90. The Morgan fingerprint density at radius 3 is 2.30 bits per heavy atom. The third-order valence-corrected chi connectivity index (χ3v) is 5.96. The maximum atomic E-state index is 13.0. The zero-order chi connectivity index (χ0) is 18.8. The highest BCUT2D eigenvalue weighted by molar-refractivity contribution is 7.99. The van der Waals surface area contributed by atoms with Gasteiger partial charge in [0.05, 0.1) is 17.1 Å². The summed E-state index contributed by atoms with van der Waals surface area (Å²) in [6, 6.07) is 15.4. The molecular weight excluding hydrogens is 382 g/mol. The molecule has 0 saturated carbocycles. The van der Waals surface area contributed by atoms with Gasteiger partial charge in [-0.1, -0.05) is 47.4 Å². The quantitative estimate of drug-likeness (QED) is 0.618. The number of carbonyl (C=O) groups is 2. The predicted molar refractivity (Wildman–Crippen MR) is 104 cm³/mol. The Morgan fingerprint density at radius 1 is 1.04 bits per heavy atom. The number of aromatic nitrogens is 2. The number of amides is 1. The van der Waals surface area contributed by atoms with Gasteiger partial charge in [-0.2, -0.15) is 0 Å². The number of benzene rings is 2. The van der Waals surface area contributed by atoms with Crippen LogP contribution in [0.1, 0.15) is 22.3 Å². The van der Waals surface area contributed by atoms with E-state index in [1.54, 1.807) is 16.7 Å². The lowest BCUT2D eigenvalue weighted by Gasteiger charge is -2.30. The molecule has 0 unspecified atom stereocenters. The molecule has 8 heteroatoms. The number of hydrogen-bond acceptors (Lipinski definition) is 7. The van der Waals surface area contributed by atoms with Crippen molar-refractivity contribution in [1.82, 2.24) is 9.59 Å². The number of anilines is 2. The summed E-state index contributed by atoms with van der Waals surface area (Å²) in [5.74, 6) is -0.873. The monoisotopic (exact) mass is 397 g/mol. The first kappa shape index (κ1) is 17.7. The van der Waals surface area contributed by atoms with Crippen molar-refractivity contribution < 1.29 is 14.3 Å². The zero-order valence-electron chi connectivity index (χ0n) is 14.4. The molecule has 0 aliphatic carbocycles. The lowest BCUT2D eigenvalue weighted by molar-refractivity contribution is -0.121. The molecule has 0 atom stereocenters. The van der Waals surface area contributed by atoms with Crippen LogP contribution >= 0.6 is 23.3 Å². The maximum absolute atomic E-state index is 13.0. The van der Waals surface area contributed by atoms with E-state index in [4.69, 9.17) is 4.74 Å². The third-order valence-electron chi connectivity index (χ3n) is 4.08. The molecule has 0 fully saturated rings. The molecule has 27 heavy (non-hydrogen) atoms. The molecule has 0 radical (unpaired) electrons. The van der Waals surface area contributed by atoms with Crippen molar-refractivity contribution >= 4 is 46.5 Å². The molecule has 2 aromatic carbocycles. The van der Waals surface area contributed by atoms with Crippen LogP contribution in [0, 0.1) is 0 Å². The second kappa shape index (κ2) is 7.50. The first-order chi connectivity index (χ1) is 13.2. The van der Waals surface area contributed by atoms with Crippen LogP contribution in [0.5, 0.6) is 0 Å². The molecule has 3 aromatic rings. The number of ether oxygens (including phenoxy) is 1. The van der Waals surface area contributed by atoms with Crippen LogP contribution in [0.25, 0.3) is 0 Å². The van der Waals surface area contributed by atoms with Gasteiger partial charge < -0.3 is 4.74 Å². The van der Waals surface area contributed by atoms with E-state index < -0.39 is 5.97 Å². The van der Waals surface area contributed by atoms with Crippen molar-refractivity contribution in [2.24, 2.45) is 0 Å². The number of rotatable bonds is 4. The van der Waals surface area contributed by atoms with E-state index >= 15 is 0 Å². The van der Waals surface area contributed by atoms with Crippen molar-refractivity contribution in [2.45, 2.75) is 23.1 Å². The second-order valence-electron chi connectivity index (χ2n) is 5.75. The molecule has 1 aromatic heterocycles. The minimum atomic E-state index is -0.567. The number of carbonyl (C=O) groups excluding carboxylic acids is 2. The summed E-state index contributed by atoms with van der Waals surface area (Å²) in [4.78, 5) is 29.2. The highest BCUT2D eigenvalue weighted by atomic mass is 32.2. The molecule has 0 spiro atoms. The van der Waals surface area contributed by atoms with Crippen LogP contribution in [0.4, 0.5) is 11.4 Å². The van der Waals surface area contributed by atoms with Crippen LogP contribution in [0.3, 0.4) is 0 Å². The molecule has 6 nitrogen and oxygen atoms in total. The SMILES string of the molecule is CCc1nnsc1C(=O)OCC(=O)N1c2ccccc2Sc2ccccc21. The Balaban J connectivity index is 1.58. The van der Waals surface area contributed by atoms with E-state index in [0.717, 1.165) is 32.7 Å². The van der Waals surface area contributed by atoms with E-state index in [0.29, 0.717) is 17.0 Å². The molecule has 0 bridgehead atoms. The van der Waals surface area contributed by atoms with E-state index in [2.05, 4.69) is 9.59 Å². The smallest absolute Gasteiger partial charge is 0.352 e. The lowest BCUT2D eigenvalue weighted by atomic mass is 10.2. The Bertz CT molecular complexity index is 973. The van der Waals surface area contributed by atoms with Crippen LogP contribution in [-0.2, 0) is 16.0 Å². The highest BCUT2D eigenvalue weighted by Crippen LogP contribution is 2.47. The third kappa shape index (κ3) is 3.33. The molecule has 1 aliphatic rings. The van der Waals surface area contributed by atoms with Gasteiger partial charge in [-0.15, -0.1) is 5.10 Å². The summed E-state index contributed by atoms with van der Waals surface area (Å²) < 4.78 is 9.05. The summed E-state index contributed by atoms with van der Waals surface area (Å²) in [6.07, 6.45) is 0.582. The summed E-state index contributed by atoms with van der Waals surface area (Å²) in [6.45, 7) is 1.53. The van der Waals surface area contributed by atoms with Crippen molar-refractivity contribution in [3.05, 3.63) is 59.1 Å². The molecule has 2 heterocycles. The predicted octanol–water partition coefficient (Wildman–Crippen LogP) is 4.09. The van der Waals surface area contributed by atoms with Gasteiger partial charge >= 0.3 is 5.97 Å². The Hall–Kier alpha value is -2.71. The first-order valence-corrected chi connectivity index (χ1v) is 9.95. The van der Waals surface area contributed by atoms with Crippen molar-refractivity contribution in [3.8, 4) is 0 Å². The first-order valence-electron chi connectivity index (χ1n) is 8.36. The Labute approximate surface area is 164 Å². The molecule has 0 N–H and O–H groups in total. The van der Waals surface area contributed by atoms with Crippen LogP contribution in [-0.4, -0.2) is 28.1 Å². The van der Waals surface area contributed by atoms with Crippen LogP contribution < -0.4 is 4.90 Å². The van der Waals surface area contributed by atoms with E-state index in [1.807, 2.05) is 55.5 Å². The van der Waals surface area contributed by atoms with Crippen molar-refractivity contribution in [2.75, 3.05) is 11.5 Å². The topological polar surface area (TPSA) is 72.4 Å². The normalized spacial score (nSPS) is 12.3. The maximum Gasteiger partial charge on any atom is 0.352 e. The van der Waals surface area contributed by atoms with Gasteiger partial charge in [0, 0.05) is 9.79 Å². The number of fused-ring (bicyclic) bond motifs is 2. The fourth-order valence-electron chi connectivity index (χ4n) is 2.83. The van der Waals surface area contributed by atoms with Gasteiger partial charge in [-0.05, 0) is 42.2 Å². The summed E-state index contributed by atoms with van der Waals surface area (Å²) >= 11 is 2.60. The molecule has 0 saturated heterocycles. The van der Waals surface area contributed by atoms with Gasteiger partial charge in [-0.3, -0.25) is 9.69 Å². The molecular formula is C19H15N3O3S2. The second-order valence-corrected chi connectivity index (χ2v) is 7.58. The minimum Gasteiger partial charge on any atom is -0.451 e. The number of esters is 1. The van der Waals surface area contributed by atoms with Gasteiger partial charge in [0.2, 0.25) is 0 Å². The average Bonchev–Trinajstić information content (AvgIpc) is 3.19. The van der Waals surface area contributed by atoms with Gasteiger partial charge in [0.1, 0.15) is 0 Å². The van der Waals surface area contributed by atoms with Crippen LogP contribution in [0.2, 0.25) is 0 Å². The minimum absolute atomic E-state index is 0.306. The van der Waals surface area contributed by atoms with Crippen molar-refractivity contribution in [3.63, 3.8) is 0 Å². The standard InChI is InChI=1S/C19H15N3O3S2/c1-2-12-18(27-21-20-12)19(24)25-11-17(23)22-13-7-3-5-9-15(13)26-16-10-6-4-8-14(16)22/h3-10H,2,11H2,1H3. The molecule has 1 amide bonds. The molecule has 1 aliphatic heterocycles. The number of hydrogen-bond donors (Lipinski definition) is 0. The van der Waals surface area contributed by atoms with Gasteiger partial charge in [0.25, 0.3) is 5.91 Å². The van der Waals surface area contributed by atoms with Gasteiger partial charge in [0.15, 0.2) is 11.5 Å². The highest BCUT2D eigenvalue weighted by Gasteiger charge is 2.29. The van der Waals surface area contributed by atoms with E-state index in [9.17, 15) is 9.59 Å². The largest absolute Gasteiger partial charge is 0.451 e. The number of nitrogens with zero attached hydrogens (tertiary/aromatic N) is 3. The average molecular weight is 397 g/mol. The zero-order valence-corrected chi connectivity index (χ0v) is 16.0. The van der Waals surface area contributed by atoms with Crippen LogP contribution in [0.15, 0.2) is 58.3 Å². The molecule has 4 rings (SSSR count). The summed E-state index contributed by atoms with van der Waals surface area (Å²) in [7, 11) is 0. The fourth-order valence-corrected chi connectivity index (χ4v) is 4.53. The van der Waals surface area contributed by atoms with Crippen molar-refractivity contribution in [1.29, 1.82) is 0 Å². The lowest BCUT2D eigenvalue weighted by Crippen LogP contribution is -2.32. The molecule has 136 valence electrons. The summed E-state index contributed by atoms with van der Waals surface area (Å²) in [5.41, 5.74) is 2.16. The van der Waals surface area contributed by atoms with Gasteiger partial charge in [-0.25, -0.2) is 4.79 Å². The number of aryl methyl sites for hydroxylation is 1. The van der Waals surface area contributed by atoms with E-state index in [-0.39, 0.29) is 12.5 Å². The fraction of sp³-hybridized carbons (Fsp3) is 0.158.